The molecule has 116 valence electrons. The van der Waals surface area contributed by atoms with E-state index < -0.39 is 6.69 Å². The van der Waals surface area contributed by atoms with Gasteiger partial charge in [0.05, 0.1) is 0 Å². The molecule has 0 saturated carbocycles. The van der Waals surface area contributed by atoms with Gasteiger partial charge >= 0.3 is 0 Å². The standard InChI is InChI=1S/C16H28Cl2SSi/c1-3-5-7-8-9-10-14-20(17,18)16-13-12-15(19-16)11-6-4-2/h12-13H,3-11,14H2,1-2H3. The van der Waals surface area contributed by atoms with Crippen LogP contribution in [-0.4, -0.2) is 6.69 Å². The van der Waals surface area contributed by atoms with Gasteiger partial charge in [-0.25, -0.2) is 0 Å². The van der Waals surface area contributed by atoms with Crippen molar-refractivity contribution < 1.29 is 0 Å². The summed E-state index contributed by atoms with van der Waals surface area (Å²) in [7, 11) is 0. The maximum atomic E-state index is 6.66. The average molecular weight is 351 g/mol. The fraction of sp³-hybridized carbons (Fsp3) is 0.750. The molecule has 0 fully saturated rings. The van der Waals surface area contributed by atoms with Gasteiger partial charge < -0.3 is 0 Å². The predicted molar refractivity (Wildman–Crippen MR) is 98.2 cm³/mol. The topological polar surface area (TPSA) is 0 Å². The molecule has 1 aromatic rings. The van der Waals surface area contributed by atoms with Crippen molar-refractivity contribution in [2.24, 2.45) is 0 Å². The fourth-order valence-electron chi connectivity index (χ4n) is 2.31. The van der Waals surface area contributed by atoms with E-state index in [1.54, 1.807) is 0 Å². The van der Waals surface area contributed by atoms with Crippen molar-refractivity contribution >= 4 is 44.7 Å². The lowest BCUT2D eigenvalue weighted by Gasteiger charge is -2.14. The van der Waals surface area contributed by atoms with E-state index in [1.165, 1.54) is 67.2 Å². The van der Waals surface area contributed by atoms with Gasteiger partial charge in [-0.1, -0.05) is 58.8 Å². The van der Waals surface area contributed by atoms with Crippen LogP contribution in [0.5, 0.6) is 0 Å². The fourth-order valence-corrected chi connectivity index (χ4v) is 7.55. The lowest BCUT2D eigenvalue weighted by atomic mass is 10.1. The van der Waals surface area contributed by atoms with Crippen LogP contribution >= 0.6 is 33.5 Å². The molecule has 1 heterocycles. The molecule has 0 aliphatic carbocycles. The Morgan fingerprint density at radius 1 is 0.900 bits per heavy atom. The van der Waals surface area contributed by atoms with Gasteiger partial charge in [0.1, 0.15) is 0 Å². The molecule has 0 spiro atoms. The van der Waals surface area contributed by atoms with E-state index in [-0.39, 0.29) is 0 Å². The molecule has 0 aliphatic rings. The second-order valence-corrected chi connectivity index (χ2v) is 14.0. The summed E-state index contributed by atoms with van der Waals surface area (Å²) in [6.45, 7) is 2.28. The molecular weight excluding hydrogens is 323 g/mol. The van der Waals surface area contributed by atoms with Crippen LogP contribution in [-0.2, 0) is 6.42 Å². The molecular formula is C16H28Cl2SSi. The van der Waals surface area contributed by atoms with E-state index in [0.29, 0.717) is 0 Å². The van der Waals surface area contributed by atoms with Crippen molar-refractivity contribution in [3.63, 3.8) is 0 Å². The molecule has 0 aliphatic heterocycles. The zero-order chi connectivity index (χ0) is 14.8. The normalized spacial score (nSPS) is 12.0. The molecule has 0 bridgehead atoms. The van der Waals surface area contributed by atoms with Crippen LogP contribution in [0.2, 0.25) is 6.04 Å². The van der Waals surface area contributed by atoms with E-state index >= 15 is 0 Å². The molecule has 1 aromatic heterocycles. The van der Waals surface area contributed by atoms with Crippen molar-refractivity contribution in [1.82, 2.24) is 0 Å². The van der Waals surface area contributed by atoms with Crippen molar-refractivity contribution in [3.8, 4) is 0 Å². The van der Waals surface area contributed by atoms with E-state index in [2.05, 4.69) is 26.0 Å². The monoisotopic (exact) mass is 350 g/mol. The third-order valence-electron chi connectivity index (χ3n) is 3.64. The van der Waals surface area contributed by atoms with Gasteiger partial charge in [0, 0.05) is 9.38 Å². The minimum absolute atomic E-state index is 1.01. The summed E-state index contributed by atoms with van der Waals surface area (Å²) >= 11 is 15.2. The Labute approximate surface area is 139 Å². The third kappa shape index (κ3) is 6.97. The van der Waals surface area contributed by atoms with Gasteiger partial charge in [0.15, 0.2) is 0 Å². The average Bonchev–Trinajstić information content (AvgIpc) is 2.90. The summed E-state index contributed by atoms with van der Waals surface area (Å²) in [6.07, 6.45) is 11.5. The van der Waals surface area contributed by atoms with Crippen molar-refractivity contribution in [2.45, 2.75) is 77.7 Å². The van der Waals surface area contributed by atoms with E-state index in [1.807, 2.05) is 11.3 Å². The number of rotatable bonds is 11. The largest absolute Gasteiger partial charge is 0.290 e. The quantitative estimate of drug-likeness (QED) is 0.240. The Balaban J connectivity index is 2.33. The summed E-state index contributed by atoms with van der Waals surface area (Å²) in [4.78, 5) is 1.45. The maximum Gasteiger partial charge on any atom is 0.290 e. The SMILES string of the molecule is CCCCCCCC[Si](Cl)(Cl)c1ccc(CCCC)s1. The van der Waals surface area contributed by atoms with E-state index in [9.17, 15) is 0 Å². The molecule has 0 N–H and O–H groups in total. The molecule has 0 aromatic carbocycles. The molecule has 1 rings (SSSR count). The molecule has 0 atom stereocenters. The molecule has 0 radical (unpaired) electrons. The van der Waals surface area contributed by atoms with Crippen LogP contribution in [0.3, 0.4) is 0 Å². The summed E-state index contributed by atoms with van der Waals surface area (Å²) in [5.74, 6) is 0. The Bertz CT molecular complexity index is 363. The number of halogens is 2. The highest BCUT2D eigenvalue weighted by molar-refractivity contribution is 7.56. The van der Waals surface area contributed by atoms with Crippen LogP contribution in [0.1, 0.15) is 70.1 Å². The summed E-state index contributed by atoms with van der Waals surface area (Å²) in [6, 6.07) is 5.42. The minimum atomic E-state index is -2.20. The second kappa shape index (κ2) is 10.3. The zero-order valence-corrected chi connectivity index (χ0v) is 16.2. The lowest BCUT2D eigenvalue weighted by Crippen LogP contribution is -2.33. The molecule has 4 heteroatoms. The summed E-state index contributed by atoms with van der Waals surface area (Å²) in [5.41, 5.74) is 0. The van der Waals surface area contributed by atoms with Gasteiger partial charge in [0.25, 0.3) is 6.69 Å². The molecule has 0 saturated heterocycles. The number of aryl methyl sites for hydroxylation is 1. The van der Waals surface area contributed by atoms with E-state index in [4.69, 9.17) is 22.2 Å². The third-order valence-corrected chi connectivity index (χ3v) is 10.9. The first-order chi connectivity index (χ1) is 9.60. The van der Waals surface area contributed by atoms with Crippen LogP contribution in [0.15, 0.2) is 12.1 Å². The Morgan fingerprint density at radius 3 is 2.25 bits per heavy atom. The van der Waals surface area contributed by atoms with Crippen LogP contribution < -0.4 is 4.50 Å². The zero-order valence-electron chi connectivity index (χ0n) is 12.9. The van der Waals surface area contributed by atoms with Crippen molar-refractivity contribution in [1.29, 1.82) is 0 Å². The van der Waals surface area contributed by atoms with Gasteiger partial charge in [-0.2, -0.15) is 0 Å². The van der Waals surface area contributed by atoms with Crippen molar-refractivity contribution in [2.75, 3.05) is 0 Å². The van der Waals surface area contributed by atoms with Crippen LogP contribution in [0.4, 0.5) is 0 Å². The molecule has 0 nitrogen and oxygen atoms in total. The number of thiophene rings is 1. The Morgan fingerprint density at radius 2 is 1.55 bits per heavy atom. The highest BCUT2D eigenvalue weighted by atomic mass is 35.7. The van der Waals surface area contributed by atoms with Crippen LogP contribution in [0, 0.1) is 0 Å². The number of unbranched alkanes of at least 4 members (excludes halogenated alkanes) is 6. The highest BCUT2D eigenvalue weighted by Gasteiger charge is 2.31. The number of hydrogen-bond acceptors (Lipinski definition) is 1. The Kier molecular flexibility index (Phi) is 9.51. The predicted octanol–water partition coefficient (Wildman–Crippen LogP) is 6.58. The molecule has 0 unspecified atom stereocenters. The van der Waals surface area contributed by atoms with Gasteiger partial charge in [-0.15, -0.1) is 33.5 Å². The van der Waals surface area contributed by atoms with Gasteiger partial charge in [-0.3, -0.25) is 0 Å². The summed E-state index contributed by atoms with van der Waals surface area (Å²) in [5, 5.41) is 0. The highest BCUT2D eigenvalue weighted by Crippen LogP contribution is 2.27. The first-order valence-electron chi connectivity index (χ1n) is 8.07. The molecule has 20 heavy (non-hydrogen) atoms. The van der Waals surface area contributed by atoms with Crippen molar-refractivity contribution in [3.05, 3.63) is 17.0 Å². The molecule has 0 amide bonds. The van der Waals surface area contributed by atoms with E-state index in [0.717, 1.165) is 6.04 Å². The smallest absolute Gasteiger partial charge is 0.147 e. The lowest BCUT2D eigenvalue weighted by molar-refractivity contribution is 0.624. The minimum Gasteiger partial charge on any atom is -0.147 e. The van der Waals surface area contributed by atoms with Crippen LogP contribution in [0.25, 0.3) is 0 Å². The number of hydrogen-bond donors (Lipinski definition) is 0. The van der Waals surface area contributed by atoms with Gasteiger partial charge in [0.2, 0.25) is 0 Å². The second-order valence-electron chi connectivity index (χ2n) is 5.59. The first-order valence-corrected chi connectivity index (χ1v) is 13.1. The first kappa shape index (κ1) is 18.5. The Hall–Kier alpha value is 0.497. The van der Waals surface area contributed by atoms with Gasteiger partial charge in [-0.05, 0) is 31.0 Å². The summed E-state index contributed by atoms with van der Waals surface area (Å²) < 4.78 is 1.26. The maximum absolute atomic E-state index is 6.66.